The molecule has 1 aliphatic carbocycles. The van der Waals surface area contributed by atoms with Gasteiger partial charge in [-0.15, -0.1) is 6.58 Å². The molecule has 0 spiro atoms. The standard InChI is InChI=1S/C25H26NO/c1-2-18-26-19-10-17-24(26)22-15-9-16-23(22)25(27,20-11-5-3-6-12-20)21-13-7-4-8-14-21/h2-9,11-16,24,27H,1,10,17-19H2/t24-/m1/s1. The van der Waals surface area contributed by atoms with Crippen molar-refractivity contribution in [3.8, 4) is 0 Å². The van der Waals surface area contributed by atoms with Crippen molar-refractivity contribution in [1.29, 1.82) is 0 Å². The van der Waals surface area contributed by atoms with Crippen LogP contribution in [0.2, 0.25) is 0 Å². The fraction of sp³-hybridized carbons (Fsp3) is 0.240. The molecule has 1 heterocycles. The summed E-state index contributed by atoms with van der Waals surface area (Å²) in [5.41, 5.74) is 0.637. The molecule has 2 aliphatic rings. The summed E-state index contributed by atoms with van der Waals surface area (Å²) in [6, 6.07) is 20.3. The lowest BCUT2D eigenvalue weighted by molar-refractivity contribution is 0.0970. The lowest BCUT2D eigenvalue weighted by Gasteiger charge is -2.41. The molecule has 0 aromatic heterocycles. The lowest BCUT2D eigenvalue weighted by atomic mass is 9.69. The molecule has 137 valence electrons. The molecule has 1 saturated heterocycles. The summed E-state index contributed by atoms with van der Waals surface area (Å²) < 4.78 is 0. The molecule has 2 aromatic carbocycles. The van der Waals surface area contributed by atoms with E-state index in [1.807, 2.05) is 66.7 Å². The Balaban J connectivity index is 1.74. The molecular weight excluding hydrogens is 330 g/mol. The van der Waals surface area contributed by atoms with E-state index in [4.69, 9.17) is 0 Å². The highest BCUT2D eigenvalue weighted by atomic mass is 16.3. The Kier molecular flexibility index (Phi) is 5.47. The highest BCUT2D eigenvalue weighted by Crippen LogP contribution is 2.52. The van der Waals surface area contributed by atoms with Gasteiger partial charge in [0.05, 0.1) is 0 Å². The van der Waals surface area contributed by atoms with E-state index in [-0.39, 0.29) is 0 Å². The maximum atomic E-state index is 12.1. The average molecular weight is 356 g/mol. The van der Waals surface area contributed by atoms with Gasteiger partial charge in [-0.2, -0.15) is 0 Å². The molecule has 2 nitrogen and oxygen atoms in total. The first-order valence-electron chi connectivity index (χ1n) is 9.69. The van der Waals surface area contributed by atoms with Gasteiger partial charge in [-0.1, -0.05) is 66.7 Å². The van der Waals surface area contributed by atoms with Crippen LogP contribution in [0.5, 0.6) is 0 Å². The SMILES string of the molecule is C=CCN1CCC[C@@H]1[C]1[CH][CH][CH][C]1C(O)(c1ccccc1)c1ccccc1. The van der Waals surface area contributed by atoms with Crippen molar-refractivity contribution in [1.82, 2.24) is 4.90 Å². The normalized spacial score (nSPS) is 22.3. The van der Waals surface area contributed by atoms with Crippen LogP contribution in [0.4, 0.5) is 0 Å². The number of benzene rings is 2. The summed E-state index contributed by atoms with van der Waals surface area (Å²) >= 11 is 0. The van der Waals surface area contributed by atoms with E-state index in [0.29, 0.717) is 6.04 Å². The van der Waals surface area contributed by atoms with E-state index in [9.17, 15) is 5.11 Å². The molecule has 1 saturated carbocycles. The molecule has 0 amide bonds. The fourth-order valence-corrected chi connectivity index (χ4v) is 4.45. The molecule has 0 bridgehead atoms. The summed E-state index contributed by atoms with van der Waals surface area (Å²) in [4.78, 5) is 2.46. The first-order chi connectivity index (χ1) is 13.2. The summed E-state index contributed by atoms with van der Waals surface area (Å²) in [5, 5.41) is 12.1. The highest BCUT2D eigenvalue weighted by molar-refractivity contribution is 5.58. The molecule has 0 unspecified atom stereocenters. The number of likely N-dealkylation sites (tertiary alicyclic amines) is 1. The van der Waals surface area contributed by atoms with Crippen LogP contribution in [0.25, 0.3) is 0 Å². The maximum absolute atomic E-state index is 12.1. The smallest absolute Gasteiger partial charge is 0.122 e. The lowest BCUT2D eigenvalue weighted by Crippen LogP contribution is -2.43. The zero-order valence-corrected chi connectivity index (χ0v) is 15.6. The van der Waals surface area contributed by atoms with Crippen molar-refractivity contribution in [3.05, 3.63) is 116 Å². The van der Waals surface area contributed by atoms with Crippen LogP contribution in [-0.4, -0.2) is 29.1 Å². The van der Waals surface area contributed by atoms with Gasteiger partial charge in [0.15, 0.2) is 0 Å². The Hall–Kier alpha value is -1.90. The van der Waals surface area contributed by atoms with Crippen LogP contribution in [0, 0.1) is 31.1 Å². The molecule has 2 aromatic rings. The quantitative estimate of drug-likeness (QED) is 0.778. The van der Waals surface area contributed by atoms with Gasteiger partial charge in [0.2, 0.25) is 0 Å². The summed E-state index contributed by atoms with van der Waals surface area (Å²) in [6.07, 6.45) is 10.6. The van der Waals surface area contributed by atoms with Gasteiger partial charge in [-0.05, 0) is 49.8 Å². The van der Waals surface area contributed by atoms with Crippen molar-refractivity contribution in [2.75, 3.05) is 13.1 Å². The van der Waals surface area contributed by atoms with E-state index in [1.54, 1.807) is 0 Å². The number of hydrogen-bond donors (Lipinski definition) is 1. The summed E-state index contributed by atoms with van der Waals surface area (Å²) in [5.74, 6) is 2.21. The largest absolute Gasteiger partial charge is 0.380 e. The van der Waals surface area contributed by atoms with E-state index in [0.717, 1.165) is 36.6 Å². The maximum Gasteiger partial charge on any atom is 0.122 e. The zero-order valence-electron chi connectivity index (χ0n) is 15.6. The van der Waals surface area contributed by atoms with Crippen molar-refractivity contribution >= 4 is 0 Å². The van der Waals surface area contributed by atoms with Crippen molar-refractivity contribution in [2.45, 2.75) is 24.5 Å². The molecule has 5 radical (unpaired) electrons. The second-order valence-corrected chi connectivity index (χ2v) is 7.28. The Morgan fingerprint density at radius 2 is 1.63 bits per heavy atom. The van der Waals surface area contributed by atoms with Gasteiger partial charge in [-0.25, -0.2) is 0 Å². The van der Waals surface area contributed by atoms with Gasteiger partial charge in [0.25, 0.3) is 0 Å². The van der Waals surface area contributed by atoms with Gasteiger partial charge in [-0.3, -0.25) is 4.90 Å². The van der Waals surface area contributed by atoms with Crippen LogP contribution in [0.3, 0.4) is 0 Å². The zero-order chi connectivity index (χ0) is 18.7. The predicted molar refractivity (Wildman–Crippen MR) is 110 cm³/mol. The fourth-order valence-electron chi connectivity index (χ4n) is 4.45. The van der Waals surface area contributed by atoms with Crippen molar-refractivity contribution in [3.63, 3.8) is 0 Å². The highest BCUT2D eigenvalue weighted by Gasteiger charge is 2.51. The van der Waals surface area contributed by atoms with E-state index < -0.39 is 5.60 Å². The second-order valence-electron chi connectivity index (χ2n) is 7.28. The minimum atomic E-state index is -1.16. The predicted octanol–water partition coefficient (Wildman–Crippen LogP) is 4.35. The third-order valence-corrected chi connectivity index (χ3v) is 5.71. The molecule has 1 aliphatic heterocycles. The van der Waals surface area contributed by atoms with E-state index in [1.165, 1.54) is 12.3 Å². The third kappa shape index (κ3) is 3.37. The van der Waals surface area contributed by atoms with Gasteiger partial charge in [0, 0.05) is 24.4 Å². The minimum Gasteiger partial charge on any atom is -0.380 e. The number of aliphatic hydroxyl groups is 1. The van der Waals surface area contributed by atoms with Crippen LogP contribution in [0.15, 0.2) is 73.3 Å². The van der Waals surface area contributed by atoms with Crippen LogP contribution in [-0.2, 0) is 5.60 Å². The van der Waals surface area contributed by atoms with Gasteiger partial charge >= 0.3 is 0 Å². The molecule has 1 N–H and O–H groups in total. The number of hydrogen-bond acceptors (Lipinski definition) is 2. The van der Waals surface area contributed by atoms with Gasteiger partial charge < -0.3 is 5.11 Å². The number of rotatable bonds is 6. The monoisotopic (exact) mass is 356 g/mol. The minimum absolute atomic E-state index is 0.326. The summed E-state index contributed by atoms with van der Waals surface area (Å²) in [7, 11) is 0. The number of nitrogens with zero attached hydrogens (tertiary/aromatic N) is 1. The molecule has 2 heteroatoms. The first-order valence-corrected chi connectivity index (χ1v) is 9.69. The van der Waals surface area contributed by atoms with Crippen LogP contribution in [0.1, 0.15) is 24.0 Å². The Morgan fingerprint density at radius 1 is 1.00 bits per heavy atom. The second kappa shape index (κ2) is 8.00. The van der Waals surface area contributed by atoms with Crippen molar-refractivity contribution in [2.24, 2.45) is 0 Å². The molecule has 4 rings (SSSR count). The third-order valence-electron chi connectivity index (χ3n) is 5.71. The van der Waals surface area contributed by atoms with Crippen molar-refractivity contribution < 1.29 is 5.11 Å². The van der Waals surface area contributed by atoms with Gasteiger partial charge in [0.1, 0.15) is 5.60 Å². The molecular formula is C25H26NO. The Bertz CT molecular complexity index is 702. The Labute approximate surface area is 163 Å². The first kappa shape index (κ1) is 18.5. The molecule has 1 atom stereocenters. The molecule has 2 fully saturated rings. The Morgan fingerprint density at radius 3 is 2.22 bits per heavy atom. The van der Waals surface area contributed by atoms with E-state index >= 15 is 0 Å². The topological polar surface area (TPSA) is 23.5 Å². The molecule has 27 heavy (non-hydrogen) atoms. The van der Waals surface area contributed by atoms with E-state index in [2.05, 4.69) is 30.7 Å². The van der Waals surface area contributed by atoms with Crippen LogP contribution < -0.4 is 0 Å². The average Bonchev–Trinajstić information content (AvgIpc) is 3.38. The summed E-state index contributed by atoms with van der Waals surface area (Å²) in [6.45, 7) is 5.87. The van der Waals surface area contributed by atoms with Crippen LogP contribution >= 0.6 is 0 Å².